The second kappa shape index (κ2) is 4.93. The molecule has 3 N–H and O–H groups in total. The lowest BCUT2D eigenvalue weighted by atomic mass is 10.1. The average Bonchev–Trinajstić information content (AvgIpc) is 2.50. The quantitative estimate of drug-likeness (QED) is 0.545. The third-order valence-electron chi connectivity index (χ3n) is 2.33. The number of nitrogens with one attached hydrogen (secondary N) is 1. The molecule has 5 heteroatoms. The van der Waals surface area contributed by atoms with Crippen molar-refractivity contribution in [3.05, 3.63) is 18.0 Å². The monoisotopic (exact) mass is 209 g/mol. The van der Waals surface area contributed by atoms with Crippen LogP contribution >= 0.6 is 0 Å². The number of aromatic nitrogens is 2. The molecule has 1 aromatic rings. The molecular weight excluding hydrogens is 190 g/mol. The molecule has 0 spiro atoms. The Balaban J connectivity index is 2.42. The van der Waals surface area contributed by atoms with Gasteiger partial charge in [-0.3, -0.25) is 10.1 Å². The van der Waals surface area contributed by atoms with Crippen molar-refractivity contribution in [2.75, 3.05) is 13.6 Å². The smallest absolute Gasteiger partial charge is 0.0947 e. The lowest BCUT2D eigenvalue weighted by molar-refractivity contribution is 0.306. The average molecular weight is 209 g/mol. The molecule has 1 atom stereocenters. The van der Waals surface area contributed by atoms with Crippen molar-refractivity contribution >= 4 is 5.84 Å². The molecular formula is C10H19N5. The van der Waals surface area contributed by atoms with Crippen molar-refractivity contribution in [2.24, 2.45) is 18.7 Å². The molecule has 15 heavy (non-hydrogen) atoms. The van der Waals surface area contributed by atoms with E-state index in [2.05, 4.69) is 10.00 Å². The van der Waals surface area contributed by atoms with Gasteiger partial charge in [0, 0.05) is 37.8 Å². The maximum absolute atomic E-state index is 7.31. The first-order chi connectivity index (χ1) is 6.99. The van der Waals surface area contributed by atoms with Gasteiger partial charge in [0.2, 0.25) is 0 Å². The summed E-state index contributed by atoms with van der Waals surface area (Å²) in [6.45, 7) is 3.60. The first-order valence-corrected chi connectivity index (χ1v) is 4.99. The SMILES string of the molecule is CC(CN(C)Cc1cnn(C)c1)C(=N)N. The summed E-state index contributed by atoms with van der Waals surface area (Å²) in [5, 5.41) is 11.4. The number of amidine groups is 1. The zero-order valence-electron chi connectivity index (χ0n) is 9.57. The lowest BCUT2D eigenvalue weighted by Crippen LogP contribution is -2.31. The van der Waals surface area contributed by atoms with Crippen molar-refractivity contribution in [1.82, 2.24) is 14.7 Å². The fourth-order valence-electron chi connectivity index (χ4n) is 1.50. The molecule has 0 radical (unpaired) electrons. The van der Waals surface area contributed by atoms with Gasteiger partial charge < -0.3 is 10.6 Å². The molecule has 1 aromatic heterocycles. The van der Waals surface area contributed by atoms with Crippen LogP contribution < -0.4 is 5.73 Å². The van der Waals surface area contributed by atoms with E-state index in [1.807, 2.05) is 33.4 Å². The third kappa shape index (κ3) is 3.71. The van der Waals surface area contributed by atoms with Gasteiger partial charge in [-0.25, -0.2) is 0 Å². The highest BCUT2D eigenvalue weighted by molar-refractivity contribution is 5.79. The zero-order valence-corrected chi connectivity index (χ0v) is 9.57. The van der Waals surface area contributed by atoms with Crippen molar-refractivity contribution in [2.45, 2.75) is 13.5 Å². The van der Waals surface area contributed by atoms with Gasteiger partial charge in [0.25, 0.3) is 0 Å². The fraction of sp³-hybridized carbons (Fsp3) is 0.600. The number of rotatable bonds is 5. The summed E-state index contributed by atoms with van der Waals surface area (Å²) in [5.41, 5.74) is 6.60. The Hall–Kier alpha value is -1.36. The molecule has 1 heterocycles. The van der Waals surface area contributed by atoms with Crippen LogP contribution in [0.5, 0.6) is 0 Å². The van der Waals surface area contributed by atoms with E-state index in [0.29, 0.717) is 0 Å². The second-order valence-electron chi connectivity index (χ2n) is 4.08. The highest BCUT2D eigenvalue weighted by atomic mass is 15.2. The van der Waals surface area contributed by atoms with Crippen LogP contribution in [0.2, 0.25) is 0 Å². The van der Waals surface area contributed by atoms with E-state index in [1.54, 1.807) is 4.68 Å². The number of hydrogen-bond acceptors (Lipinski definition) is 3. The minimum Gasteiger partial charge on any atom is -0.387 e. The predicted octanol–water partition coefficient (Wildman–Crippen LogP) is 0.424. The molecule has 1 unspecified atom stereocenters. The molecule has 0 amide bonds. The summed E-state index contributed by atoms with van der Waals surface area (Å²) in [7, 11) is 3.92. The molecule has 0 aliphatic carbocycles. The Labute approximate surface area is 90.4 Å². The minimum atomic E-state index is 0.103. The number of hydrogen-bond donors (Lipinski definition) is 2. The first kappa shape index (κ1) is 11.7. The maximum atomic E-state index is 7.31. The Morgan fingerprint density at radius 2 is 2.40 bits per heavy atom. The molecule has 0 fully saturated rings. The molecule has 0 saturated heterocycles. The topological polar surface area (TPSA) is 70.9 Å². The summed E-state index contributed by atoms with van der Waals surface area (Å²) < 4.78 is 1.79. The van der Waals surface area contributed by atoms with E-state index in [9.17, 15) is 0 Å². The molecule has 0 aliphatic heterocycles. The Morgan fingerprint density at radius 1 is 1.73 bits per heavy atom. The lowest BCUT2D eigenvalue weighted by Gasteiger charge is -2.19. The second-order valence-corrected chi connectivity index (χ2v) is 4.08. The fourth-order valence-corrected chi connectivity index (χ4v) is 1.50. The van der Waals surface area contributed by atoms with Crippen molar-refractivity contribution < 1.29 is 0 Å². The van der Waals surface area contributed by atoms with Crippen LogP contribution in [0.1, 0.15) is 12.5 Å². The van der Waals surface area contributed by atoms with Gasteiger partial charge in [0.05, 0.1) is 12.0 Å². The number of aryl methyl sites for hydroxylation is 1. The highest BCUT2D eigenvalue weighted by Gasteiger charge is 2.09. The Morgan fingerprint density at radius 3 is 2.87 bits per heavy atom. The van der Waals surface area contributed by atoms with Gasteiger partial charge in [-0.05, 0) is 7.05 Å². The third-order valence-corrected chi connectivity index (χ3v) is 2.33. The van der Waals surface area contributed by atoms with Crippen LogP contribution in [-0.4, -0.2) is 34.1 Å². The molecule has 5 nitrogen and oxygen atoms in total. The number of nitrogens with two attached hydrogens (primary N) is 1. The van der Waals surface area contributed by atoms with Crippen molar-refractivity contribution in [3.63, 3.8) is 0 Å². The Bertz CT molecular complexity index is 330. The van der Waals surface area contributed by atoms with Gasteiger partial charge in [-0.1, -0.05) is 6.92 Å². The molecule has 0 aromatic carbocycles. The predicted molar refractivity (Wildman–Crippen MR) is 60.6 cm³/mol. The van der Waals surface area contributed by atoms with E-state index < -0.39 is 0 Å². The molecule has 1 rings (SSSR count). The van der Waals surface area contributed by atoms with Crippen LogP contribution in [0, 0.1) is 11.3 Å². The summed E-state index contributed by atoms with van der Waals surface area (Å²) in [6, 6.07) is 0. The van der Waals surface area contributed by atoms with Crippen LogP contribution in [0.15, 0.2) is 12.4 Å². The zero-order chi connectivity index (χ0) is 11.4. The molecule has 0 bridgehead atoms. The van der Waals surface area contributed by atoms with Gasteiger partial charge in [0.1, 0.15) is 0 Å². The summed E-state index contributed by atoms with van der Waals surface area (Å²) in [5.74, 6) is 0.347. The Kier molecular flexibility index (Phi) is 3.85. The van der Waals surface area contributed by atoms with E-state index in [1.165, 1.54) is 5.56 Å². The minimum absolute atomic E-state index is 0.103. The van der Waals surface area contributed by atoms with E-state index in [0.717, 1.165) is 13.1 Å². The normalized spacial score (nSPS) is 13.1. The van der Waals surface area contributed by atoms with Crippen molar-refractivity contribution in [1.29, 1.82) is 5.41 Å². The number of nitrogens with zero attached hydrogens (tertiary/aromatic N) is 3. The largest absolute Gasteiger partial charge is 0.387 e. The molecule has 84 valence electrons. The van der Waals surface area contributed by atoms with Crippen LogP contribution in [-0.2, 0) is 13.6 Å². The maximum Gasteiger partial charge on any atom is 0.0947 e. The molecule has 0 saturated carbocycles. The van der Waals surface area contributed by atoms with E-state index in [-0.39, 0.29) is 11.8 Å². The van der Waals surface area contributed by atoms with E-state index in [4.69, 9.17) is 11.1 Å². The summed E-state index contributed by atoms with van der Waals surface area (Å²) >= 11 is 0. The van der Waals surface area contributed by atoms with Gasteiger partial charge >= 0.3 is 0 Å². The van der Waals surface area contributed by atoms with Gasteiger partial charge in [-0.15, -0.1) is 0 Å². The van der Waals surface area contributed by atoms with Crippen LogP contribution in [0.4, 0.5) is 0 Å². The van der Waals surface area contributed by atoms with Gasteiger partial charge in [-0.2, -0.15) is 5.10 Å². The first-order valence-electron chi connectivity index (χ1n) is 4.99. The standard InChI is InChI=1S/C10H19N5/c1-8(10(11)12)5-14(2)6-9-4-13-15(3)7-9/h4,7-8H,5-6H2,1-3H3,(H3,11,12). The summed E-state index contributed by atoms with van der Waals surface area (Å²) in [6.07, 6.45) is 3.85. The van der Waals surface area contributed by atoms with Gasteiger partial charge in [0.15, 0.2) is 0 Å². The van der Waals surface area contributed by atoms with Crippen LogP contribution in [0.3, 0.4) is 0 Å². The highest BCUT2D eigenvalue weighted by Crippen LogP contribution is 2.04. The van der Waals surface area contributed by atoms with Crippen molar-refractivity contribution in [3.8, 4) is 0 Å². The molecule has 0 aliphatic rings. The summed E-state index contributed by atoms with van der Waals surface area (Å²) in [4.78, 5) is 2.14. The van der Waals surface area contributed by atoms with E-state index >= 15 is 0 Å². The van der Waals surface area contributed by atoms with Crippen LogP contribution in [0.25, 0.3) is 0 Å².